The van der Waals surface area contributed by atoms with Gasteiger partial charge < -0.3 is 19.9 Å². The van der Waals surface area contributed by atoms with Crippen LogP contribution in [-0.4, -0.2) is 72.2 Å². The number of nitrogens with zero attached hydrogens (tertiary/aromatic N) is 4. The van der Waals surface area contributed by atoms with E-state index in [4.69, 9.17) is 10.5 Å². The summed E-state index contributed by atoms with van der Waals surface area (Å²) in [5.41, 5.74) is 6.25. The molecule has 0 saturated carbocycles. The number of anilines is 1. The Morgan fingerprint density at radius 3 is 2.80 bits per heavy atom. The first kappa shape index (κ1) is 14.8. The largest absolute Gasteiger partial charge is 0.464 e. The van der Waals surface area contributed by atoms with Crippen LogP contribution in [0.1, 0.15) is 16.3 Å². The summed E-state index contributed by atoms with van der Waals surface area (Å²) in [6.07, 6.45) is 0. The molecule has 112 valence electrons. The molecule has 0 aromatic carbocycles. The summed E-state index contributed by atoms with van der Waals surface area (Å²) >= 11 is 0. The lowest BCUT2D eigenvalue weighted by Gasteiger charge is -2.38. The molecule has 1 aromatic rings. The molecule has 2 N–H and O–H groups in total. The molecule has 1 saturated heterocycles. The van der Waals surface area contributed by atoms with Crippen LogP contribution < -0.4 is 5.73 Å². The average Bonchev–Trinajstić information content (AvgIpc) is 2.70. The van der Waals surface area contributed by atoms with E-state index in [2.05, 4.69) is 28.9 Å². The Kier molecular flexibility index (Phi) is 4.29. The third-order valence-corrected chi connectivity index (χ3v) is 3.95. The quantitative estimate of drug-likeness (QED) is 0.774. The van der Waals surface area contributed by atoms with Crippen molar-refractivity contribution in [3.05, 3.63) is 11.5 Å². The lowest BCUT2D eigenvalue weighted by molar-refractivity contribution is 0.0595. The molecule has 1 unspecified atom stereocenters. The van der Waals surface area contributed by atoms with Gasteiger partial charge in [0.2, 0.25) is 0 Å². The number of carbonyl (C=O) groups excluding carboxylic acids is 1. The summed E-state index contributed by atoms with van der Waals surface area (Å²) in [4.78, 5) is 20.4. The van der Waals surface area contributed by atoms with Gasteiger partial charge >= 0.3 is 5.97 Å². The lowest BCUT2D eigenvalue weighted by Crippen LogP contribution is -2.51. The standard InChI is InChI=1S/C13H23N5O2/c1-9-15-11(13(19)20-4)12(14)18(9)8-10-7-16(2)5-6-17(10)3/h10H,5-8,14H2,1-4H3. The van der Waals surface area contributed by atoms with Crippen LogP contribution in [0.5, 0.6) is 0 Å². The molecule has 0 spiro atoms. The molecule has 20 heavy (non-hydrogen) atoms. The van der Waals surface area contributed by atoms with Gasteiger partial charge in [-0.25, -0.2) is 9.78 Å². The normalized spacial score (nSPS) is 21.1. The number of ether oxygens (including phenoxy) is 1. The van der Waals surface area contributed by atoms with E-state index in [0.29, 0.717) is 11.9 Å². The Morgan fingerprint density at radius 1 is 1.45 bits per heavy atom. The van der Waals surface area contributed by atoms with Crippen LogP contribution in [0.4, 0.5) is 5.82 Å². The Balaban J connectivity index is 2.21. The number of nitrogens with two attached hydrogens (primary N) is 1. The second kappa shape index (κ2) is 5.80. The van der Waals surface area contributed by atoms with E-state index < -0.39 is 5.97 Å². The first-order chi connectivity index (χ1) is 9.43. The van der Waals surface area contributed by atoms with Crippen LogP contribution in [0.2, 0.25) is 0 Å². The Labute approximate surface area is 119 Å². The third-order valence-electron chi connectivity index (χ3n) is 3.95. The number of piperazine rings is 1. The molecule has 2 rings (SSSR count). The molecule has 1 aromatic heterocycles. The Bertz CT molecular complexity index is 499. The summed E-state index contributed by atoms with van der Waals surface area (Å²) in [5.74, 6) is 0.638. The maximum atomic E-state index is 11.6. The fourth-order valence-corrected chi connectivity index (χ4v) is 2.57. The van der Waals surface area contributed by atoms with E-state index in [0.717, 1.165) is 32.0 Å². The molecule has 0 bridgehead atoms. The van der Waals surface area contributed by atoms with Gasteiger partial charge in [0.25, 0.3) is 0 Å². The van der Waals surface area contributed by atoms with Crippen molar-refractivity contribution in [1.82, 2.24) is 19.4 Å². The molecule has 0 amide bonds. The van der Waals surface area contributed by atoms with Gasteiger partial charge in [-0.15, -0.1) is 0 Å². The SMILES string of the molecule is COC(=O)c1nc(C)n(CC2CN(C)CCN2C)c1N. The van der Waals surface area contributed by atoms with E-state index in [1.54, 1.807) is 0 Å². The van der Waals surface area contributed by atoms with Gasteiger partial charge in [0.15, 0.2) is 5.69 Å². The van der Waals surface area contributed by atoms with E-state index in [1.165, 1.54) is 7.11 Å². The number of hydrogen-bond acceptors (Lipinski definition) is 6. The fourth-order valence-electron chi connectivity index (χ4n) is 2.57. The van der Waals surface area contributed by atoms with Crippen LogP contribution in [0.3, 0.4) is 0 Å². The highest BCUT2D eigenvalue weighted by Crippen LogP contribution is 2.18. The highest BCUT2D eigenvalue weighted by molar-refractivity contribution is 5.92. The average molecular weight is 281 g/mol. The van der Waals surface area contributed by atoms with E-state index in [1.807, 2.05) is 11.5 Å². The van der Waals surface area contributed by atoms with Crippen LogP contribution in [0.15, 0.2) is 0 Å². The zero-order valence-electron chi connectivity index (χ0n) is 12.6. The zero-order valence-corrected chi connectivity index (χ0v) is 12.6. The molecule has 7 heteroatoms. The number of hydrogen-bond donors (Lipinski definition) is 1. The fraction of sp³-hybridized carbons (Fsp3) is 0.692. The number of imidazole rings is 1. The van der Waals surface area contributed by atoms with Crippen LogP contribution in [-0.2, 0) is 11.3 Å². The van der Waals surface area contributed by atoms with Crippen LogP contribution >= 0.6 is 0 Å². The minimum atomic E-state index is -0.488. The topological polar surface area (TPSA) is 76.6 Å². The third kappa shape index (κ3) is 2.78. The van der Waals surface area contributed by atoms with Gasteiger partial charge in [-0.3, -0.25) is 4.90 Å². The van der Waals surface area contributed by atoms with Crippen molar-refractivity contribution in [2.24, 2.45) is 0 Å². The van der Waals surface area contributed by atoms with Crippen LogP contribution in [0.25, 0.3) is 0 Å². The molecular weight excluding hydrogens is 258 g/mol. The Morgan fingerprint density at radius 2 is 2.15 bits per heavy atom. The molecule has 1 atom stereocenters. The second-order valence-electron chi connectivity index (χ2n) is 5.39. The van der Waals surface area contributed by atoms with Crippen molar-refractivity contribution in [3.63, 3.8) is 0 Å². The second-order valence-corrected chi connectivity index (χ2v) is 5.39. The number of esters is 1. The van der Waals surface area contributed by atoms with Gasteiger partial charge in [-0.2, -0.15) is 0 Å². The monoisotopic (exact) mass is 281 g/mol. The van der Waals surface area contributed by atoms with Crippen molar-refractivity contribution in [3.8, 4) is 0 Å². The number of aryl methyl sites for hydroxylation is 1. The van der Waals surface area contributed by atoms with Gasteiger partial charge in [0, 0.05) is 32.2 Å². The van der Waals surface area contributed by atoms with Crippen LogP contribution in [0, 0.1) is 6.92 Å². The summed E-state index contributed by atoms with van der Waals surface area (Å²) in [7, 11) is 5.56. The van der Waals surface area contributed by atoms with Crippen molar-refractivity contribution in [2.75, 3.05) is 46.6 Å². The maximum Gasteiger partial charge on any atom is 0.360 e. The molecule has 0 aliphatic carbocycles. The lowest BCUT2D eigenvalue weighted by atomic mass is 10.2. The molecule has 0 radical (unpaired) electrons. The van der Waals surface area contributed by atoms with Gasteiger partial charge in [-0.05, 0) is 21.0 Å². The summed E-state index contributed by atoms with van der Waals surface area (Å²) in [6.45, 7) is 5.65. The highest BCUT2D eigenvalue weighted by Gasteiger charge is 2.26. The highest BCUT2D eigenvalue weighted by atomic mass is 16.5. The van der Waals surface area contributed by atoms with Gasteiger partial charge in [0.05, 0.1) is 7.11 Å². The van der Waals surface area contributed by atoms with E-state index >= 15 is 0 Å². The number of methoxy groups -OCH3 is 1. The molecular formula is C13H23N5O2. The molecule has 1 aliphatic heterocycles. The predicted molar refractivity (Wildman–Crippen MR) is 76.6 cm³/mol. The zero-order chi connectivity index (χ0) is 14.9. The number of carbonyl (C=O) groups is 1. The number of aromatic nitrogens is 2. The van der Waals surface area contributed by atoms with E-state index in [9.17, 15) is 4.79 Å². The van der Waals surface area contributed by atoms with Gasteiger partial charge in [0.1, 0.15) is 11.6 Å². The molecule has 1 fully saturated rings. The summed E-state index contributed by atoms with van der Waals surface area (Å²) in [6, 6.07) is 0.356. The minimum absolute atomic E-state index is 0.205. The first-order valence-electron chi connectivity index (χ1n) is 6.73. The summed E-state index contributed by atoms with van der Waals surface area (Å²) < 4.78 is 6.60. The minimum Gasteiger partial charge on any atom is -0.464 e. The number of likely N-dealkylation sites (N-methyl/N-ethyl adjacent to an activating group) is 2. The first-order valence-corrected chi connectivity index (χ1v) is 6.73. The number of rotatable bonds is 3. The molecule has 7 nitrogen and oxygen atoms in total. The van der Waals surface area contributed by atoms with Crippen molar-refractivity contribution < 1.29 is 9.53 Å². The number of nitrogen functional groups attached to an aromatic ring is 1. The van der Waals surface area contributed by atoms with Gasteiger partial charge in [-0.1, -0.05) is 0 Å². The predicted octanol–water partition coefficient (Wildman–Crippen LogP) is -0.194. The smallest absolute Gasteiger partial charge is 0.360 e. The van der Waals surface area contributed by atoms with E-state index in [-0.39, 0.29) is 5.69 Å². The van der Waals surface area contributed by atoms with Crippen molar-refractivity contribution in [2.45, 2.75) is 19.5 Å². The maximum absolute atomic E-state index is 11.6. The summed E-state index contributed by atoms with van der Waals surface area (Å²) in [5, 5.41) is 0. The molecule has 1 aliphatic rings. The van der Waals surface area contributed by atoms with Crippen molar-refractivity contribution >= 4 is 11.8 Å². The molecule has 2 heterocycles. The Hall–Kier alpha value is -1.60. The van der Waals surface area contributed by atoms with Crippen molar-refractivity contribution in [1.29, 1.82) is 0 Å².